The number of rotatable bonds is 7. The summed E-state index contributed by atoms with van der Waals surface area (Å²) in [6, 6.07) is 9.78. The number of hydrogen-bond acceptors (Lipinski definition) is 6. The smallest absolute Gasteiger partial charge is 0.416 e. The Balaban J connectivity index is 1.89. The lowest BCUT2D eigenvalue weighted by Crippen LogP contribution is -2.17. The van der Waals surface area contributed by atoms with E-state index in [0.717, 1.165) is 24.3 Å². The average Bonchev–Trinajstić information content (AvgIpc) is 2.72. The van der Waals surface area contributed by atoms with Gasteiger partial charge in [0.25, 0.3) is 15.7 Å². The maximum absolute atomic E-state index is 12.8. The normalized spacial score (nSPS) is 11.9. The second-order valence-electron chi connectivity index (χ2n) is 6.37. The van der Waals surface area contributed by atoms with E-state index in [1.807, 2.05) is 0 Å². The molecule has 0 atom stereocenters. The van der Waals surface area contributed by atoms with Crippen LogP contribution >= 0.6 is 46.8 Å². The number of alkyl halides is 3. The third-order valence-electron chi connectivity index (χ3n) is 4.06. The third kappa shape index (κ3) is 6.06. The number of nitrogens with zero attached hydrogens (tertiary/aromatic N) is 1. The maximum atomic E-state index is 12.8. The molecule has 0 spiro atoms. The van der Waals surface area contributed by atoms with Gasteiger partial charge in [0.2, 0.25) is 0 Å². The highest BCUT2D eigenvalue weighted by Gasteiger charge is 2.31. The van der Waals surface area contributed by atoms with E-state index in [1.165, 1.54) is 24.3 Å². The van der Waals surface area contributed by atoms with Gasteiger partial charge in [-0.2, -0.15) is 13.2 Å². The fraction of sp³-hybridized carbons (Fsp3) is 0.0526. The quantitative estimate of drug-likeness (QED) is 0.180. The summed E-state index contributed by atoms with van der Waals surface area (Å²) in [5.41, 5.74) is -1.46. The molecule has 0 aliphatic carbocycles. The molecule has 15 heteroatoms. The number of benzene rings is 3. The van der Waals surface area contributed by atoms with E-state index in [-0.39, 0.29) is 31.5 Å². The topological polar surface area (TPSA) is 98.5 Å². The lowest BCUT2D eigenvalue weighted by Gasteiger charge is -2.12. The largest absolute Gasteiger partial charge is 0.456 e. The third-order valence-corrected chi connectivity index (χ3v) is 7.95. The molecule has 0 amide bonds. The first-order chi connectivity index (χ1) is 15.8. The summed E-state index contributed by atoms with van der Waals surface area (Å²) >= 11 is 18.1. The van der Waals surface area contributed by atoms with Crippen LogP contribution in [-0.4, -0.2) is 13.3 Å². The van der Waals surface area contributed by atoms with E-state index in [0.29, 0.717) is 18.0 Å². The van der Waals surface area contributed by atoms with Gasteiger partial charge in [-0.3, -0.25) is 10.1 Å². The summed E-state index contributed by atoms with van der Waals surface area (Å²) in [5, 5.41) is 10.7. The lowest BCUT2D eigenvalue weighted by molar-refractivity contribution is -0.387. The van der Waals surface area contributed by atoms with Gasteiger partial charge >= 0.3 is 6.18 Å². The van der Waals surface area contributed by atoms with Gasteiger partial charge in [-0.05, 0) is 48.3 Å². The molecule has 0 unspecified atom stereocenters. The molecule has 0 saturated heterocycles. The summed E-state index contributed by atoms with van der Waals surface area (Å²) in [7, 11) is -4.30. The van der Waals surface area contributed by atoms with Crippen LogP contribution in [0.5, 0.6) is 11.5 Å². The molecular weight excluding hydrogens is 564 g/mol. The Kier molecular flexibility index (Phi) is 7.90. The summed E-state index contributed by atoms with van der Waals surface area (Å²) < 4.78 is 71.3. The standard InChI is InChI=1S/C19H10Cl3F3N2O5S2/c20-12-2-1-3-13(21)18(12)34(30,31)26-33-17-9-11(5-6-15(17)27(28)29)32-16-7-4-10(8-14(16)22)19(23,24)25/h1-9,26H. The van der Waals surface area contributed by atoms with Crippen LogP contribution in [0.4, 0.5) is 18.9 Å². The number of nitro groups is 1. The van der Waals surface area contributed by atoms with Gasteiger partial charge in [0.15, 0.2) is 0 Å². The first-order valence-corrected chi connectivity index (χ1v) is 12.2. The fourth-order valence-corrected chi connectivity index (χ4v) is 5.99. The molecule has 0 aromatic heterocycles. The van der Waals surface area contributed by atoms with E-state index < -0.39 is 37.3 Å². The van der Waals surface area contributed by atoms with E-state index in [9.17, 15) is 31.7 Å². The molecule has 0 radical (unpaired) electrons. The average molecular weight is 574 g/mol. The van der Waals surface area contributed by atoms with Gasteiger partial charge in [-0.15, -0.1) is 4.13 Å². The molecular formula is C19H10Cl3F3N2O5S2. The minimum atomic E-state index is -4.61. The molecule has 7 nitrogen and oxygen atoms in total. The van der Waals surface area contributed by atoms with Crippen molar-refractivity contribution in [2.24, 2.45) is 0 Å². The van der Waals surface area contributed by atoms with Crippen molar-refractivity contribution in [2.45, 2.75) is 16.0 Å². The second-order valence-corrected chi connectivity index (χ2v) is 10.3. The highest BCUT2D eigenvalue weighted by atomic mass is 35.5. The first kappa shape index (κ1) is 26.4. The van der Waals surface area contributed by atoms with E-state index in [1.54, 1.807) is 0 Å². The zero-order chi connectivity index (χ0) is 25.3. The molecule has 3 aromatic carbocycles. The highest BCUT2D eigenvalue weighted by molar-refractivity contribution is 8.09. The fourth-order valence-electron chi connectivity index (χ4n) is 2.56. The Labute approximate surface area is 210 Å². The molecule has 34 heavy (non-hydrogen) atoms. The van der Waals surface area contributed by atoms with Crippen molar-refractivity contribution in [3.63, 3.8) is 0 Å². The Bertz CT molecular complexity index is 1350. The predicted molar refractivity (Wildman–Crippen MR) is 122 cm³/mol. The zero-order valence-electron chi connectivity index (χ0n) is 16.3. The van der Waals surface area contributed by atoms with Crippen LogP contribution in [-0.2, 0) is 16.2 Å². The van der Waals surface area contributed by atoms with Crippen LogP contribution < -0.4 is 8.86 Å². The van der Waals surface area contributed by atoms with Crippen LogP contribution in [0.1, 0.15) is 5.56 Å². The van der Waals surface area contributed by atoms with Crippen molar-refractivity contribution >= 4 is 62.5 Å². The van der Waals surface area contributed by atoms with Crippen LogP contribution in [0.3, 0.4) is 0 Å². The molecule has 1 N–H and O–H groups in total. The molecule has 0 bridgehead atoms. The molecule has 0 saturated carbocycles. The molecule has 3 rings (SSSR count). The van der Waals surface area contributed by atoms with Crippen molar-refractivity contribution in [1.82, 2.24) is 4.13 Å². The zero-order valence-corrected chi connectivity index (χ0v) is 20.2. The van der Waals surface area contributed by atoms with Crippen molar-refractivity contribution < 1.29 is 31.2 Å². The minimum absolute atomic E-state index is 0.0512. The highest BCUT2D eigenvalue weighted by Crippen LogP contribution is 2.39. The van der Waals surface area contributed by atoms with E-state index in [2.05, 4.69) is 4.13 Å². The lowest BCUT2D eigenvalue weighted by atomic mass is 10.2. The summed E-state index contributed by atoms with van der Waals surface area (Å²) in [6.45, 7) is 0. The molecule has 0 heterocycles. The Morgan fingerprint density at radius 1 is 0.971 bits per heavy atom. The summed E-state index contributed by atoms with van der Waals surface area (Å²) in [6.07, 6.45) is -4.61. The van der Waals surface area contributed by atoms with Crippen molar-refractivity contribution in [3.8, 4) is 11.5 Å². The second kappa shape index (κ2) is 10.2. The van der Waals surface area contributed by atoms with Crippen LogP contribution in [0.2, 0.25) is 15.1 Å². The molecule has 0 aliphatic rings. The summed E-state index contributed by atoms with van der Waals surface area (Å²) in [4.78, 5) is 10.0. The monoisotopic (exact) mass is 572 g/mol. The predicted octanol–water partition coefficient (Wildman–Crippen LogP) is 7.35. The SMILES string of the molecule is O=[N+]([O-])c1ccc(Oc2ccc(C(F)(F)F)cc2Cl)cc1SNS(=O)(=O)c1c(Cl)cccc1Cl. The van der Waals surface area contributed by atoms with Crippen LogP contribution in [0.25, 0.3) is 0 Å². The van der Waals surface area contributed by atoms with Gasteiger partial charge in [0.1, 0.15) is 21.3 Å². The minimum Gasteiger partial charge on any atom is -0.456 e. The maximum Gasteiger partial charge on any atom is 0.416 e. The van der Waals surface area contributed by atoms with Crippen molar-refractivity contribution in [2.75, 3.05) is 0 Å². The Morgan fingerprint density at radius 2 is 1.62 bits per heavy atom. The number of halogens is 6. The van der Waals surface area contributed by atoms with E-state index in [4.69, 9.17) is 39.5 Å². The van der Waals surface area contributed by atoms with Crippen molar-refractivity contribution in [3.05, 3.63) is 85.3 Å². The molecule has 0 fully saturated rings. The number of hydrogen-bond donors (Lipinski definition) is 1. The number of sulfonamides is 1. The Hall–Kier alpha value is -2.22. The van der Waals surface area contributed by atoms with Crippen LogP contribution in [0, 0.1) is 10.1 Å². The first-order valence-electron chi connectivity index (χ1n) is 8.75. The molecule has 180 valence electrons. The molecule has 3 aromatic rings. The number of nitrogens with one attached hydrogen (secondary N) is 1. The van der Waals surface area contributed by atoms with Gasteiger partial charge in [-0.25, -0.2) is 8.42 Å². The van der Waals surface area contributed by atoms with Gasteiger partial charge in [0, 0.05) is 12.1 Å². The molecule has 0 aliphatic heterocycles. The summed E-state index contributed by atoms with van der Waals surface area (Å²) in [5.74, 6) is -0.201. The van der Waals surface area contributed by atoms with Crippen LogP contribution in [0.15, 0.2) is 64.4 Å². The van der Waals surface area contributed by atoms with Gasteiger partial charge in [0.05, 0.1) is 25.6 Å². The Morgan fingerprint density at radius 3 is 2.18 bits per heavy atom. The van der Waals surface area contributed by atoms with Gasteiger partial charge < -0.3 is 4.74 Å². The van der Waals surface area contributed by atoms with E-state index >= 15 is 0 Å². The van der Waals surface area contributed by atoms with Crippen molar-refractivity contribution in [1.29, 1.82) is 0 Å². The van der Waals surface area contributed by atoms with Gasteiger partial charge in [-0.1, -0.05) is 40.9 Å². The number of ether oxygens (including phenoxy) is 1. The number of nitro benzene ring substituents is 1.